The summed E-state index contributed by atoms with van der Waals surface area (Å²) in [5.41, 5.74) is 1.75. The van der Waals surface area contributed by atoms with Gasteiger partial charge in [-0.2, -0.15) is 0 Å². The van der Waals surface area contributed by atoms with Crippen LogP contribution in [0.25, 0.3) is 0 Å². The van der Waals surface area contributed by atoms with Crippen LogP contribution in [-0.2, 0) is 16.0 Å². The number of halogens is 1. The minimum Gasteiger partial charge on any atom is -0.465 e. The summed E-state index contributed by atoms with van der Waals surface area (Å²) in [4.78, 5) is 13.9. The number of benzene rings is 1. The monoisotopic (exact) mass is 341 g/mol. The van der Waals surface area contributed by atoms with Crippen molar-refractivity contribution >= 4 is 21.9 Å². The van der Waals surface area contributed by atoms with Crippen molar-refractivity contribution < 1.29 is 14.3 Å². The SMILES string of the molecule is COC[C@@H]1CCCN1Cc1ccc(C(=O)OC)cc1Br. The van der Waals surface area contributed by atoms with Crippen LogP contribution >= 0.6 is 15.9 Å². The Morgan fingerprint density at radius 1 is 1.45 bits per heavy atom. The van der Waals surface area contributed by atoms with Crippen LogP contribution in [0.2, 0.25) is 0 Å². The van der Waals surface area contributed by atoms with E-state index in [1.807, 2.05) is 18.2 Å². The highest BCUT2D eigenvalue weighted by atomic mass is 79.9. The van der Waals surface area contributed by atoms with E-state index in [1.54, 1.807) is 7.11 Å². The fourth-order valence-corrected chi connectivity index (χ4v) is 3.13. The zero-order valence-electron chi connectivity index (χ0n) is 11.9. The molecule has 1 aromatic rings. The first-order chi connectivity index (χ1) is 9.65. The molecule has 0 aliphatic carbocycles. The first-order valence-electron chi connectivity index (χ1n) is 6.75. The van der Waals surface area contributed by atoms with Crippen molar-refractivity contribution in [2.24, 2.45) is 0 Å². The first-order valence-corrected chi connectivity index (χ1v) is 7.54. The Labute approximate surface area is 128 Å². The number of carbonyl (C=O) groups is 1. The van der Waals surface area contributed by atoms with Crippen LogP contribution in [0.1, 0.15) is 28.8 Å². The second-order valence-electron chi connectivity index (χ2n) is 5.02. The van der Waals surface area contributed by atoms with E-state index in [2.05, 4.69) is 20.8 Å². The Morgan fingerprint density at radius 2 is 2.25 bits per heavy atom. The normalized spacial score (nSPS) is 19.2. The molecule has 0 unspecified atom stereocenters. The molecule has 0 bridgehead atoms. The molecule has 5 heteroatoms. The topological polar surface area (TPSA) is 38.8 Å². The lowest BCUT2D eigenvalue weighted by Crippen LogP contribution is -2.32. The van der Waals surface area contributed by atoms with E-state index >= 15 is 0 Å². The van der Waals surface area contributed by atoms with Crippen LogP contribution in [-0.4, -0.2) is 44.3 Å². The van der Waals surface area contributed by atoms with Crippen molar-refractivity contribution in [1.29, 1.82) is 0 Å². The van der Waals surface area contributed by atoms with Crippen molar-refractivity contribution in [3.63, 3.8) is 0 Å². The molecule has 0 aromatic heterocycles. The van der Waals surface area contributed by atoms with Gasteiger partial charge in [-0.15, -0.1) is 0 Å². The molecule has 4 nitrogen and oxygen atoms in total. The van der Waals surface area contributed by atoms with Gasteiger partial charge in [-0.25, -0.2) is 4.79 Å². The number of carbonyl (C=O) groups excluding carboxylic acids is 1. The molecule has 1 aliphatic heterocycles. The van der Waals surface area contributed by atoms with Crippen LogP contribution < -0.4 is 0 Å². The number of nitrogens with zero attached hydrogens (tertiary/aromatic N) is 1. The molecule has 1 saturated heterocycles. The predicted octanol–water partition coefficient (Wildman–Crippen LogP) is 2.85. The minimum absolute atomic E-state index is 0.310. The summed E-state index contributed by atoms with van der Waals surface area (Å²) in [6, 6.07) is 6.11. The molecule has 2 rings (SSSR count). The standard InChI is InChI=1S/C15H20BrNO3/c1-19-10-13-4-3-7-17(13)9-12-6-5-11(8-14(12)16)15(18)20-2/h5-6,8,13H,3-4,7,9-10H2,1-2H3/t13-/m0/s1. The average Bonchev–Trinajstić information content (AvgIpc) is 2.88. The number of ether oxygens (including phenoxy) is 2. The lowest BCUT2D eigenvalue weighted by molar-refractivity contribution is 0.0600. The van der Waals surface area contributed by atoms with Gasteiger partial charge in [-0.05, 0) is 37.1 Å². The molecule has 0 amide bonds. The maximum Gasteiger partial charge on any atom is 0.337 e. The van der Waals surface area contributed by atoms with Crippen LogP contribution in [0, 0.1) is 0 Å². The number of hydrogen-bond donors (Lipinski definition) is 0. The third-order valence-corrected chi connectivity index (χ3v) is 4.44. The van der Waals surface area contributed by atoms with Gasteiger partial charge in [-0.1, -0.05) is 22.0 Å². The van der Waals surface area contributed by atoms with E-state index in [1.165, 1.54) is 25.5 Å². The van der Waals surface area contributed by atoms with E-state index in [0.717, 1.165) is 24.2 Å². The molecular formula is C15H20BrNO3. The Morgan fingerprint density at radius 3 is 2.90 bits per heavy atom. The summed E-state index contributed by atoms with van der Waals surface area (Å²) >= 11 is 3.55. The Kier molecular flexibility index (Phi) is 5.57. The van der Waals surface area contributed by atoms with Crippen LogP contribution in [0.4, 0.5) is 0 Å². The Balaban J connectivity index is 2.08. The van der Waals surface area contributed by atoms with E-state index in [-0.39, 0.29) is 5.97 Å². The highest BCUT2D eigenvalue weighted by Crippen LogP contribution is 2.25. The van der Waals surface area contributed by atoms with Gasteiger partial charge in [0.1, 0.15) is 0 Å². The fraction of sp³-hybridized carbons (Fsp3) is 0.533. The molecular weight excluding hydrogens is 322 g/mol. The van der Waals surface area contributed by atoms with Gasteiger partial charge < -0.3 is 9.47 Å². The summed E-state index contributed by atoms with van der Waals surface area (Å²) in [5, 5.41) is 0. The summed E-state index contributed by atoms with van der Waals surface area (Å²) in [6.45, 7) is 2.74. The number of hydrogen-bond acceptors (Lipinski definition) is 4. The highest BCUT2D eigenvalue weighted by Gasteiger charge is 2.24. The van der Waals surface area contributed by atoms with Crippen LogP contribution in [0.15, 0.2) is 22.7 Å². The molecule has 1 heterocycles. The number of esters is 1. The molecule has 1 atom stereocenters. The molecule has 1 aromatic carbocycles. The lowest BCUT2D eigenvalue weighted by atomic mass is 10.1. The van der Waals surface area contributed by atoms with E-state index in [0.29, 0.717) is 11.6 Å². The van der Waals surface area contributed by atoms with Gasteiger partial charge >= 0.3 is 5.97 Å². The van der Waals surface area contributed by atoms with Crippen LogP contribution in [0.3, 0.4) is 0 Å². The molecule has 110 valence electrons. The maximum absolute atomic E-state index is 11.5. The highest BCUT2D eigenvalue weighted by molar-refractivity contribution is 9.10. The van der Waals surface area contributed by atoms with Crippen molar-refractivity contribution in [3.05, 3.63) is 33.8 Å². The fourth-order valence-electron chi connectivity index (χ4n) is 2.62. The summed E-state index contributed by atoms with van der Waals surface area (Å²) in [7, 11) is 3.14. The summed E-state index contributed by atoms with van der Waals surface area (Å²) in [6.07, 6.45) is 2.40. The Bertz CT molecular complexity index is 478. The molecule has 1 fully saturated rings. The number of rotatable bonds is 5. The Hall–Kier alpha value is -0.910. The van der Waals surface area contributed by atoms with E-state index in [4.69, 9.17) is 9.47 Å². The predicted molar refractivity (Wildman–Crippen MR) is 80.8 cm³/mol. The second kappa shape index (κ2) is 7.20. The first kappa shape index (κ1) is 15.5. The van der Waals surface area contributed by atoms with Gasteiger partial charge in [0.25, 0.3) is 0 Å². The number of methoxy groups -OCH3 is 2. The largest absolute Gasteiger partial charge is 0.465 e. The molecule has 1 aliphatic rings. The van der Waals surface area contributed by atoms with Gasteiger partial charge in [-0.3, -0.25) is 4.90 Å². The van der Waals surface area contributed by atoms with Crippen molar-refractivity contribution in [2.45, 2.75) is 25.4 Å². The smallest absolute Gasteiger partial charge is 0.337 e. The van der Waals surface area contributed by atoms with Gasteiger partial charge in [0, 0.05) is 24.2 Å². The molecule has 0 saturated carbocycles. The van der Waals surface area contributed by atoms with Gasteiger partial charge in [0.05, 0.1) is 19.3 Å². The molecule has 20 heavy (non-hydrogen) atoms. The minimum atomic E-state index is -0.310. The zero-order chi connectivity index (χ0) is 14.5. The summed E-state index contributed by atoms with van der Waals surface area (Å²) < 4.78 is 10.9. The summed E-state index contributed by atoms with van der Waals surface area (Å²) in [5.74, 6) is -0.310. The van der Waals surface area contributed by atoms with Crippen molar-refractivity contribution in [2.75, 3.05) is 27.4 Å². The van der Waals surface area contributed by atoms with Gasteiger partial charge in [0.2, 0.25) is 0 Å². The van der Waals surface area contributed by atoms with Gasteiger partial charge in [0.15, 0.2) is 0 Å². The quantitative estimate of drug-likeness (QED) is 0.772. The third kappa shape index (κ3) is 3.59. The second-order valence-corrected chi connectivity index (χ2v) is 5.87. The zero-order valence-corrected chi connectivity index (χ0v) is 13.5. The van der Waals surface area contributed by atoms with E-state index < -0.39 is 0 Å². The third-order valence-electron chi connectivity index (χ3n) is 3.71. The van der Waals surface area contributed by atoms with Crippen molar-refractivity contribution in [3.8, 4) is 0 Å². The van der Waals surface area contributed by atoms with E-state index in [9.17, 15) is 4.79 Å². The lowest BCUT2D eigenvalue weighted by Gasteiger charge is -2.24. The number of likely N-dealkylation sites (tertiary alicyclic amines) is 1. The van der Waals surface area contributed by atoms with Crippen molar-refractivity contribution in [1.82, 2.24) is 4.90 Å². The maximum atomic E-state index is 11.5. The molecule has 0 spiro atoms. The average molecular weight is 342 g/mol. The van der Waals surface area contributed by atoms with Crippen LogP contribution in [0.5, 0.6) is 0 Å². The molecule has 0 N–H and O–H groups in total. The molecule has 0 radical (unpaired) electrons.